The van der Waals surface area contributed by atoms with E-state index in [9.17, 15) is 14.7 Å². The summed E-state index contributed by atoms with van der Waals surface area (Å²) in [6, 6.07) is 14.0. The SMILES string of the molecule is O=C(Nc1cc(C(=O)O)ccc1N1CCOCC1)OCc1ccccc1. The summed E-state index contributed by atoms with van der Waals surface area (Å²) in [6.45, 7) is 2.63. The maximum Gasteiger partial charge on any atom is 0.412 e. The van der Waals surface area contributed by atoms with Gasteiger partial charge in [-0.25, -0.2) is 9.59 Å². The van der Waals surface area contributed by atoms with Crippen molar-refractivity contribution in [2.45, 2.75) is 6.61 Å². The van der Waals surface area contributed by atoms with Crippen LogP contribution in [0.3, 0.4) is 0 Å². The largest absolute Gasteiger partial charge is 0.478 e. The van der Waals surface area contributed by atoms with Crippen LogP contribution in [0.25, 0.3) is 0 Å². The second-order valence-corrected chi connectivity index (χ2v) is 5.82. The van der Waals surface area contributed by atoms with Crippen molar-refractivity contribution < 1.29 is 24.2 Å². The number of carboxylic acids is 1. The van der Waals surface area contributed by atoms with Gasteiger partial charge in [-0.3, -0.25) is 5.32 Å². The topological polar surface area (TPSA) is 88.1 Å². The molecule has 1 aliphatic heterocycles. The quantitative estimate of drug-likeness (QED) is 0.856. The first kappa shape index (κ1) is 17.8. The molecule has 2 N–H and O–H groups in total. The van der Waals surface area contributed by atoms with Crippen LogP contribution in [-0.2, 0) is 16.1 Å². The van der Waals surface area contributed by atoms with E-state index < -0.39 is 12.1 Å². The third-order valence-corrected chi connectivity index (χ3v) is 4.04. The number of morpholine rings is 1. The van der Waals surface area contributed by atoms with Gasteiger partial charge in [-0.15, -0.1) is 0 Å². The number of hydrogen-bond acceptors (Lipinski definition) is 5. The summed E-state index contributed by atoms with van der Waals surface area (Å²) in [5.41, 5.74) is 2.12. The second kappa shape index (κ2) is 8.35. The lowest BCUT2D eigenvalue weighted by molar-refractivity contribution is 0.0696. The van der Waals surface area contributed by atoms with Gasteiger partial charge in [0, 0.05) is 13.1 Å². The average molecular weight is 356 g/mol. The summed E-state index contributed by atoms with van der Waals surface area (Å²) in [4.78, 5) is 25.5. The van der Waals surface area contributed by atoms with Crippen LogP contribution in [0.1, 0.15) is 15.9 Å². The minimum absolute atomic E-state index is 0.0976. The molecule has 0 saturated carbocycles. The van der Waals surface area contributed by atoms with Gasteiger partial charge in [-0.05, 0) is 23.8 Å². The predicted molar refractivity (Wildman–Crippen MR) is 96.7 cm³/mol. The Morgan fingerprint density at radius 3 is 2.54 bits per heavy atom. The summed E-state index contributed by atoms with van der Waals surface area (Å²) >= 11 is 0. The number of rotatable bonds is 5. The standard InChI is InChI=1S/C19H20N2O5/c22-18(23)15-6-7-17(21-8-10-25-11-9-21)16(12-15)20-19(24)26-13-14-4-2-1-3-5-14/h1-7,12H,8-11,13H2,(H,20,24)(H,22,23). The van der Waals surface area contributed by atoms with Crippen molar-refractivity contribution in [3.63, 3.8) is 0 Å². The molecular weight excluding hydrogens is 336 g/mol. The molecular formula is C19H20N2O5. The highest BCUT2D eigenvalue weighted by molar-refractivity contribution is 5.95. The lowest BCUT2D eigenvalue weighted by atomic mass is 10.1. The van der Waals surface area contributed by atoms with E-state index in [-0.39, 0.29) is 12.2 Å². The molecule has 3 rings (SSSR count). The molecule has 0 atom stereocenters. The zero-order valence-electron chi connectivity index (χ0n) is 14.2. The number of anilines is 2. The van der Waals surface area contributed by atoms with Crippen molar-refractivity contribution in [3.8, 4) is 0 Å². The Labute approximate surface area is 151 Å². The number of amides is 1. The zero-order valence-corrected chi connectivity index (χ0v) is 14.2. The molecule has 0 aromatic heterocycles. The molecule has 1 saturated heterocycles. The van der Waals surface area contributed by atoms with Gasteiger partial charge in [0.2, 0.25) is 0 Å². The molecule has 0 radical (unpaired) electrons. The number of aromatic carboxylic acids is 1. The Morgan fingerprint density at radius 2 is 1.85 bits per heavy atom. The summed E-state index contributed by atoms with van der Waals surface area (Å²) in [5.74, 6) is -1.06. The molecule has 0 aliphatic carbocycles. The Balaban J connectivity index is 1.74. The molecule has 2 aromatic carbocycles. The van der Waals surface area contributed by atoms with Crippen molar-refractivity contribution in [2.75, 3.05) is 36.5 Å². The molecule has 26 heavy (non-hydrogen) atoms. The summed E-state index contributed by atoms with van der Waals surface area (Å²) in [7, 11) is 0. The van der Waals surface area contributed by atoms with Gasteiger partial charge in [0.15, 0.2) is 0 Å². The molecule has 1 amide bonds. The van der Waals surface area contributed by atoms with Crippen LogP contribution in [-0.4, -0.2) is 43.5 Å². The third-order valence-electron chi connectivity index (χ3n) is 4.04. The van der Waals surface area contributed by atoms with Crippen LogP contribution in [0.4, 0.5) is 16.2 Å². The van der Waals surface area contributed by atoms with Crippen LogP contribution in [0, 0.1) is 0 Å². The highest BCUT2D eigenvalue weighted by Gasteiger charge is 2.18. The van der Waals surface area contributed by atoms with Crippen molar-refractivity contribution in [2.24, 2.45) is 0 Å². The number of hydrogen-bond donors (Lipinski definition) is 2. The van der Waals surface area contributed by atoms with Gasteiger partial charge >= 0.3 is 12.1 Å². The van der Waals surface area contributed by atoms with E-state index in [1.165, 1.54) is 12.1 Å². The molecule has 136 valence electrons. The van der Waals surface area contributed by atoms with E-state index in [1.54, 1.807) is 6.07 Å². The van der Waals surface area contributed by atoms with Gasteiger partial charge in [0.25, 0.3) is 0 Å². The monoisotopic (exact) mass is 356 g/mol. The van der Waals surface area contributed by atoms with Gasteiger partial charge in [-0.1, -0.05) is 30.3 Å². The van der Waals surface area contributed by atoms with Crippen LogP contribution in [0.2, 0.25) is 0 Å². The number of ether oxygens (including phenoxy) is 2. The highest BCUT2D eigenvalue weighted by Crippen LogP contribution is 2.28. The molecule has 1 aliphatic rings. The molecule has 7 nitrogen and oxygen atoms in total. The maximum atomic E-state index is 12.2. The predicted octanol–water partition coefficient (Wildman–Crippen LogP) is 2.97. The summed E-state index contributed by atoms with van der Waals surface area (Å²) in [5, 5.41) is 11.9. The minimum Gasteiger partial charge on any atom is -0.478 e. The molecule has 2 aromatic rings. The van der Waals surface area contributed by atoms with Crippen LogP contribution < -0.4 is 10.2 Å². The Morgan fingerprint density at radius 1 is 1.12 bits per heavy atom. The van der Waals surface area contributed by atoms with E-state index in [4.69, 9.17) is 9.47 Å². The summed E-state index contributed by atoms with van der Waals surface area (Å²) in [6.07, 6.45) is -0.633. The first-order valence-electron chi connectivity index (χ1n) is 8.31. The number of carbonyl (C=O) groups is 2. The second-order valence-electron chi connectivity index (χ2n) is 5.82. The smallest absolute Gasteiger partial charge is 0.412 e. The average Bonchev–Trinajstić information content (AvgIpc) is 2.68. The van der Waals surface area contributed by atoms with E-state index >= 15 is 0 Å². The number of carbonyl (C=O) groups excluding carboxylic acids is 1. The number of carboxylic acid groups (broad SMARTS) is 1. The number of benzene rings is 2. The Bertz CT molecular complexity index is 773. The first-order valence-corrected chi connectivity index (χ1v) is 8.31. The number of nitrogens with one attached hydrogen (secondary N) is 1. The van der Waals surface area contributed by atoms with Gasteiger partial charge < -0.3 is 19.5 Å². The Kier molecular flexibility index (Phi) is 5.70. The zero-order chi connectivity index (χ0) is 18.4. The fraction of sp³-hybridized carbons (Fsp3) is 0.263. The first-order chi connectivity index (χ1) is 12.6. The third kappa shape index (κ3) is 4.52. The maximum absolute atomic E-state index is 12.2. The molecule has 0 bridgehead atoms. The van der Waals surface area contributed by atoms with Gasteiger partial charge in [0.1, 0.15) is 6.61 Å². The van der Waals surface area contributed by atoms with Crippen molar-refractivity contribution in [3.05, 3.63) is 59.7 Å². The summed E-state index contributed by atoms with van der Waals surface area (Å²) < 4.78 is 10.6. The molecule has 7 heteroatoms. The van der Waals surface area contributed by atoms with Crippen molar-refractivity contribution in [1.29, 1.82) is 0 Å². The lowest BCUT2D eigenvalue weighted by Crippen LogP contribution is -2.36. The van der Waals surface area contributed by atoms with E-state index in [1.807, 2.05) is 35.2 Å². The molecule has 0 spiro atoms. The fourth-order valence-corrected chi connectivity index (χ4v) is 2.72. The highest BCUT2D eigenvalue weighted by atomic mass is 16.5. The van der Waals surface area contributed by atoms with Crippen molar-refractivity contribution >= 4 is 23.4 Å². The van der Waals surface area contributed by atoms with Crippen LogP contribution in [0.5, 0.6) is 0 Å². The van der Waals surface area contributed by atoms with E-state index in [0.29, 0.717) is 32.0 Å². The van der Waals surface area contributed by atoms with Crippen molar-refractivity contribution in [1.82, 2.24) is 0 Å². The fourth-order valence-electron chi connectivity index (χ4n) is 2.72. The van der Waals surface area contributed by atoms with Gasteiger partial charge in [-0.2, -0.15) is 0 Å². The molecule has 0 unspecified atom stereocenters. The Hall–Kier alpha value is -3.06. The molecule has 1 fully saturated rings. The minimum atomic E-state index is -1.06. The van der Waals surface area contributed by atoms with Crippen LogP contribution in [0.15, 0.2) is 48.5 Å². The van der Waals surface area contributed by atoms with Crippen LogP contribution >= 0.6 is 0 Å². The van der Waals surface area contributed by atoms with E-state index in [2.05, 4.69) is 5.32 Å². The molecule has 1 heterocycles. The van der Waals surface area contributed by atoms with E-state index in [0.717, 1.165) is 11.3 Å². The van der Waals surface area contributed by atoms with Gasteiger partial charge in [0.05, 0.1) is 30.2 Å². The number of nitrogens with zero attached hydrogens (tertiary/aromatic N) is 1. The normalized spacial score (nSPS) is 13.9. The lowest BCUT2D eigenvalue weighted by Gasteiger charge is -2.30.